The van der Waals surface area contributed by atoms with Crippen LogP contribution in [0.2, 0.25) is 0 Å². The summed E-state index contributed by atoms with van der Waals surface area (Å²) >= 11 is 0. The number of hydrogen-bond donors (Lipinski definition) is 0. The first-order valence-electron chi connectivity index (χ1n) is 8.28. The molecular weight excluding hydrogens is 256 g/mol. The Balaban J connectivity index is 1.37. The third-order valence-electron chi connectivity index (χ3n) is 4.62. The monoisotopic (exact) mass is 280 g/mol. The highest BCUT2D eigenvalue weighted by molar-refractivity contribution is 5.95. The summed E-state index contributed by atoms with van der Waals surface area (Å²) in [5.41, 5.74) is 2.56. The molecule has 3 rings (SSSR count). The van der Waals surface area contributed by atoms with E-state index in [-0.39, 0.29) is 0 Å². The van der Waals surface area contributed by atoms with Gasteiger partial charge in [0.15, 0.2) is 5.78 Å². The van der Waals surface area contributed by atoms with Crippen LogP contribution >= 0.6 is 0 Å². The Morgan fingerprint density at radius 3 is 2.86 bits per heavy atom. The van der Waals surface area contributed by atoms with Crippen LogP contribution in [0.5, 0.6) is 0 Å². The highest BCUT2D eigenvalue weighted by Crippen LogP contribution is 2.48. The maximum absolute atomic E-state index is 11.7. The maximum atomic E-state index is 11.7. The number of benzene rings is 1. The highest BCUT2D eigenvalue weighted by Gasteiger charge is 2.35. The van der Waals surface area contributed by atoms with Gasteiger partial charge >= 0.3 is 0 Å². The minimum atomic E-state index is 0.386. The molecule has 1 fully saturated rings. The summed E-state index contributed by atoms with van der Waals surface area (Å²) in [7, 11) is 0. The van der Waals surface area contributed by atoms with Gasteiger partial charge in [0.1, 0.15) is 0 Å². The summed E-state index contributed by atoms with van der Waals surface area (Å²) in [6.45, 7) is 0. The molecule has 1 saturated carbocycles. The molecule has 1 aromatic rings. The average Bonchev–Trinajstić information content (AvgIpc) is 3.29. The fraction of sp³-hybridized carbons (Fsp3) is 0.450. The molecule has 0 saturated heterocycles. The lowest BCUT2D eigenvalue weighted by Crippen LogP contribution is -2.06. The van der Waals surface area contributed by atoms with Crippen LogP contribution in [0.4, 0.5) is 0 Å². The molecule has 0 aromatic heterocycles. The molecule has 110 valence electrons. The lowest BCUT2D eigenvalue weighted by atomic mass is 9.94. The standard InChI is InChI=1S/C20H24O/c21-20-14-8-7-12-17(20)11-5-2-6-13-18-15-19(18)16-9-3-1-4-10-16/h1,3-4,6,9-10,12-13,18-19H,2,5,7-8,11,14-15H2/b13-6+/t18-,19+/m1/s1. The van der Waals surface area contributed by atoms with Crippen LogP contribution in [0.25, 0.3) is 0 Å². The van der Waals surface area contributed by atoms with Crippen LogP contribution in [0.1, 0.15) is 56.4 Å². The van der Waals surface area contributed by atoms with Crippen molar-refractivity contribution >= 4 is 5.78 Å². The third kappa shape index (κ3) is 3.93. The van der Waals surface area contributed by atoms with Gasteiger partial charge in [0.2, 0.25) is 0 Å². The lowest BCUT2D eigenvalue weighted by molar-refractivity contribution is -0.116. The molecule has 1 nitrogen and oxygen atoms in total. The van der Waals surface area contributed by atoms with E-state index in [0.717, 1.165) is 55.9 Å². The molecule has 0 N–H and O–H groups in total. The zero-order valence-corrected chi connectivity index (χ0v) is 12.6. The van der Waals surface area contributed by atoms with Gasteiger partial charge in [0.05, 0.1) is 0 Å². The topological polar surface area (TPSA) is 17.1 Å². The molecular formula is C20H24O. The fourth-order valence-corrected chi connectivity index (χ4v) is 3.25. The molecule has 1 heteroatoms. The van der Waals surface area contributed by atoms with Crippen LogP contribution in [0.15, 0.2) is 54.1 Å². The second kappa shape index (κ2) is 6.89. The second-order valence-corrected chi connectivity index (χ2v) is 6.28. The number of carbonyl (C=O) groups is 1. The smallest absolute Gasteiger partial charge is 0.158 e. The summed E-state index contributed by atoms with van der Waals surface area (Å²) in [4.78, 5) is 11.7. The SMILES string of the molecule is O=C1CCCC=C1CCC/C=C/[C@@H]1C[C@H]1c1ccccc1. The van der Waals surface area contributed by atoms with Crippen LogP contribution in [-0.4, -0.2) is 5.78 Å². The van der Waals surface area contributed by atoms with E-state index in [0.29, 0.717) is 5.78 Å². The van der Waals surface area contributed by atoms with E-state index in [1.165, 1.54) is 12.0 Å². The molecule has 2 aliphatic rings. The lowest BCUT2D eigenvalue weighted by Gasteiger charge is -2.10. The molecule has 2 atom stereocenters. The Labute approximate surface area is 127 Å². The summed E-state index contributed by atoms with van der Waals surface area (Å²) in [5, 5.41) is 0. The minimum Gasteiger partial charge on any atom is -0.295 e. The van der Waals surface area contributed by atoms with Crippen molar-refractivity contribution in [1.29, 1.82) is 0 Å². The number of hydrogen-bond acceptors (Lipinski definition) is 1. The maximum Gasteiger partial charge on any atom is 0.158 e. The Kier molecular flexibility index (Phi) is 4.69. The zero-order valence-electron chi connectivity index (χ0n) is 12.6. The average molecular weight is 280 g/mol. The highest BCUT2D eigenvalue weighted by atomic mass is 16.1. The fourth-order valence-electron chi connectivity index (χ4n) is 3.25. The van der Waals surface area contributed by atoms with Crippen molar-refractivity contribution in [3.8, 4) is 0 Å². The summed E-state index contributed by atoms with van der Waals surface area (Å²) < 4.78 is 0. The Morgan fingerprint density at radius 1 is 1.19 bits per heavy atom. The van der Waals surface area contributed by atoms with Crippen molar-refractivity contribution in [2.24, 2.45) is 5.92 Å². The van der Waals surface area contributed by atoms with Gasteiger partial charge in [-0.05, 0) is 61.5 Å². The van der Waals surface area contributed by atoms with Gasteiger partial charge in [-0.25, -0.2) is 0 Å². The number of rotatable bonds is 6. The van der Waals surface area contributed by atoms with Crippen molar-refractivity contribution in [3.63, 3.8) is 0 Å². The summed E-state index contributed by atoms with van der Waals surface area (Å²) in [6.07, 6.45) is 14.2. The van der Waals surface area contributed by atoms with Crippen molar-refractivity contribution in [2.45, 2.75) is 50.9 Å². The zero-order chi connectivity index (χ0) is 14.5. The van der Waals surface area contributed by atoms with E-state index in [4.69, 9.17) is 0 Å². The van der Waals surface area contributed by atoms with E-state index in [2.05, 4.69) is 48.6 Å². The molecule has 0 spiro atoms. The molecule has 0 heterocycles. The molecule has 2 aliphatic carbocycles. The number of ketones is 1. The predicted molar refractivity (Wildman–Crippen MR) is 87.2 cm³/mol. The molecule has 0 aliphatic heterocycles. The number of unbranched alkanes of at least 4 members (excludes halogenated alkanes) is 1. The number of allylic oxidation sites excluding steroid dienone is 4. The van der Waals surface area contributed by atoms with Gasteiger partial charge in [-0.15, -0.1) is 0 Å². The van der Waals surface area contributed by atoms with Gasteiger partial charge < -0.3 is 0 Å². The largest absolute Gasteiger partial charge is 0.295 e. The van der Waals surface area contributed by atoms with Crippen LogP contribution < -0.4 is 0 Å². The van der Waals surface area contributed by atoms with Crippen LogP contribution in [0.3, 0.4) is 0 Å². The van der Waals surface area contributed by atoms with Crippen molar-refractivity contribution in [2.75, 3.05) is 0 Å². The molecule has 1 aromatic carbocycles. The Bertz CT molecular complexity index is 538. The van der Waals surface area contributed by atoms with E-state index >= 15 is 0 Å². The first-order chi connectivity index (χ1) is 10.3. The molecule has 0 bridgehead atoms. The molecule has 0 radical (unpaired) electrons. The molecule has 0 amide bonds. The van der Waals surface area contributed by atoms with Crippen LogP contribution in [-0.2, 0) is 4.79 Å². The molecule has 21 heavy (non-hydrogen) atoms. The van der Waals surface area contributed by atoms with Crippen molar-refractivity contribution < 1.29 is 4.79 Å². The van der Waals surface area contributed by atoms with Gasteiger partial charge in [0, 0.05) is 6.42 Å². The normalized spacial score (nSPS) is 25.1. The van der Waals surface area contributed by atoms with E-state index in [9.17, 15) is 4.79 Å². The number of carbonyl (C=O) groups excluding carboxylic acids is 1. The minimum absolute atomic E-state index is 0.386. The quantitative estimate of drug-likeness (QED) is 0.517. The first kappa shape index (κ1) is 14.3. The van der Waals surface area contributed by atoms with Crippen molar-refractivity contribution in [3.05, 3.63) is 59.7 Å². The summed E-state index contributed by atoms with van der Waals surface area (Å²) in [6, 6.07) is 10.8. The van der Waals surface area contributed by atoms with E-state index in [1.54, 1.807) is 0 Å². The second-order valence-electron chi connectivity index (χ2n) is 6.28. The van der Waals surface area contributed by atoms with E-state index < -0.39 is 0 Å². The predicted octanol–water partition coefficient (Wildman–Crippen LogP) is 5.20. The summed E-state index contributed by atoms with van der Waals surface area (Å²) in [5.74, 6) is 1.87. The molecule has 0 unspecified atom stereocenters. The first-order valence-corrected chi connectivity index (χ1v) is 8.28. The van der Waals surface area contributed by atoms with Gasteiger partial charge in [-0.2, -0.15) is 0 Å². The van der Waals surface area contributed by atoms with Gasteiger partial charge in [0.25, 0.3) is 0 Å². The van der Waals surface area contributed by atoms with Gasteiger partial charge in [-0.1, -0.05) is 48.6 Å². The van der Waals surface area contributed by atoms with Gasteiger partial charge in [-0.3, -0.25) is 4.79 Å². The Morgan fingerprint density at radius 2 is 2.05 bits per heavy atom. The third-order valence-corrected chi connectivity index (χ3v) is 4.62. The Hall–Kier alpha value is -1.63. The van der Waals surface area contributed by atoms with Crippen LogP contribution in [0, 0.1) is 5.92 Å². The number of Topliss-reactive ketones (excluding diaryl/α,β-unsaturated/α-hetero) is 1. The van der Waals surface area contributed by atoms with Crippen molar-refractivity contribution in [1.82, 2.24) is 0 Å². The van der Waals surface area contributed by atoms with E-state index in [1.807, 2.05) is 0 Å².